The summed E-state index contributed by atoms with van der Waals surface area (Å²) in [5.41, 5.74) is 1.21. The fraction of sp³-hybridized carbons (Fsp3) is 0.417. The van der Waals surface area contributed by atoms with Crippen molar-refractivity contribution in [2.75, 3.05) is 12.9 Å². The van der Waals surface area contributed by atoms with Crippen LogP contribution in [-0.2, 0) is 11.2 Å². The number of rotatable bonds is 3. The number of benzene rings is 1. The number of carboxylic acids is 1. The van der Waals surface area contributed by atoms with Crippen LogP contribution in [0.2, 0.25) is 0 Å². The van der Waals surface area contributed by atoms with E-state index in [2.05, 4.69) is 6.07 Å². The van der Waals surface area contributed by atoms with Gasteiger partial charge in [0, 0.05) is 17.1 Å². The first-order valence-electron chi connectivity index (χ1n) is 5.20. The number of carbonyl (C=O) groups is 1. The Morgan fingerprint density at radius 1 is 1.62 bits per heavy atom. The van der Waals surface area contributed by atoms with Crippen molar-refractivity contribution in [3.63, 3.8) is 0 Å². The Balaban J connectivity index is 2.14. The molecular formula is C12H14O3S. The molecule has 0 radical (unpaired) electrons. The molecule has 0 bridgehead atoms. The molecule has 1 aliphatic heterocycles. The van der Waals surface area contributed by atoms with Gasteiger partial charge >= 0.3 is 5.97 Å². The highest BCUT2D eigenvalue weighted by molar-refractivity contribution is 7.99. The zero-order valence-corrected chi connectivity index (χ0v) is 9.92. The second-order valence-corrected chi connectivity index (χ2v) is 5.01. The van der Waals surface area contributed by atoms with Crippen LogP contribution in [0.5, 0.6) is 5.75 Å². The molecule has 2 rings (SSSR count). The van der Waals surface area contributed by atoms with Gasteiger partial charge in [-0.25, -0.2) is 0 Å². The van der Waals surface area contributed by atoms with E-state index in [1.54, 1.807) is 18.9 Å². The van der Waals surface area contributed by atoms with Crippen LogP contribution in [0, 0.1) is 5.92 Å². The maximum Gasteiger partial charge on any atom is 0.303 e. The standard InChI is InChI=1S/C12H14O3S/c1-15-10-2-3-11-9(6-10)4-8(7-16-11)5-12(13)14/h2-3,6,8H,4-5,7H2,1H3,(H,13,14). The Morgan fingerprint density at radius 2 is 2.44 bits per heavy atom. The van der Waals surface area contributed by atoms with Crippen molar-refractivity contribution in [3.8, 4) is 5.75 Å². The highest BCUT2D eigenvalue weighted by Crippen LogP contribution is 2.36. The lowest BCUT2D eigenvalue weighted by molar-refractivity contribution is -0.137. The van der Waals surface area contributed by atoms with Crippen LogP contribution in [-0.4, -0.2) is 23.9 Å². The molecule has 4 heteroatoms. The predicted octanol–water partition coefficient (Wildman–Crippen LogP) is 2.43. The van der Waals surface area contributed by atoms with Crippen molar-refractivity contribution in [2.45, 2.75) is 17.7 Å². The van der Waals surface area contributed by atoms with Gasteiger partial charge in [0.25, 0.3) is 0 Å². The summed E-state index contributed by atoms with van der Waals surface area (Å²) >= 11 is 1.74. The Kier molecular flexibility index (Phi) is 3.39. The Bertz CT molecular complexity index is 403. The SMILES string of the molecule is COc1ccc2c(c1)CC(CC(=O)O)CS2. The maximum atomic E-state index is 10.7. The smallest absolute Gasteiger partial charge is 0.303 e. The highest BCUT2D eigenvalue weighted by Gasteiger charge is 2.21. The topological polar surface area (TPSA) is 46.5 Å². The molecule has 86 valence electrons. The van der Waals surface area contributed by atoms with Gasteiger partial charge in [-0.15, -0.1) is 11.8 Å². The summed E-state index contributed by atoms with van der Waals surface area (Å²) in [6.07, 6.45) is 1.09. The number of hydrogen-bond acceptors (Lipinski definition) is 3. The number of ether oxygens (including phenoxy) is 1. The summed E-state index contributed by atoms with van der Waals surface area (Å²) < 4.78 is 5.17. The van der Waals surface area contributed by atoms with Crippen LogP contribution in [0.4, 0.5) is 0 Å². The Labute approximate surface area is 98.8 Å². The molecule has 0 spiro atoms. The Hall–Kier alpha value is -1.16. The van der Waals surface area contributed by atoms with Crippen molar-refractivity contribution in [1.82, 2.24) is 0 Å². The lowest BCUT2D eigenvalue weighted by atomic mass is 9.97. The maximum absolute atomic E-state index is 10.7. The molecule has 3 nitrogen and oxygen atoms in total. The van der Waals surface area contributed by atoms with Crippen LogP contribution in [0.15, 0.2) is 23.1 Å². The summed E-state index contributed by atoms with van der Waals surface area (Å²) in [4.78, 5) is 11.9. The minimum atomic E-state index is -0.711. The van der Waals surface area contributed by atoms with Gasteiger partial charge < -0.3 is 9.84 Å². The zero-order valence-electron chi connectivity index (χ0n) is 9.10. The monoisotopic (exact) mass is 238 g/mol. The number of hydrogen-bond donors (Lipinski definition) is 1. The highest BCUT2D eigenvalue weighted by atomic mass is 32.2. The molecular weight excluding hydrogens is 224 g/mol. The molecule has 0 aromatic heterocycles. The van der Waals surface area contributed by atoms with Gasteiger partial charge in [0.15, 0.2) is 0 Å². The molecule has 0 amide bonds. The molecule has 0 saturated heterocycles. The molecule has 0 fully saturated rings. The summed E-state index contributed by atoms with van der Waals surface area (Å²) in [7, 11) is 1.65. The average molecular weight is 238 g/mol. The number of thioether (sulfide) groups is 1. The first kappa shape index (κ1) is 11.3. The fourth-order valence-corrected chi connectivity index (χ4v) is 3.08. The summed E-state index contributed by atoms with van der Waals surface area (Å²) in [5.74, 6) is 1.26. The van der Waals surface area contributed by atoms with Crippen molar-refractivity contribution in [3.05, 3.63) is 23.8 Å². The molecule has 1 N–H and O–H groups in total. The number of aliphatic carboxylic acids is 1. The van der Waals surface area contributed by atoms with Crippen molar-refractivity contribution in [2.24, 2.45) is 5.92 Å². The van der Waals surface area contributed by atoms with Crippen molar-refractivity contribution < 1.29 is 14.6 Å². The second kappa shape index (κ2) is 4.78. The lowest BCUT2D eigenvalue weighted by Gasteiger charge is -2.23. The van der Waals surface area contributed by atoms with E-state index in [1.807, 2.05) is 12.1 Å². The van der Waals surface area contributed by atoms with Gasteiger partial charge in [0.2, 0.25) is 0 Å². The molecule has 0 saturated carbocycles. The molecule has 1 atom stereocenters. The Morgan fingerprint density at radius 3 is 3.12 bits per heavy atom. The molecule has 0 aliphatic carbocycles. The number of fused-ring (bicyclic) bond motifs is 1. The first-order chi connectivity index (χ1) is 7.69. The van der Waals surface area contributed by atoms with Crippen LogP contribution in [0.25, 0.3) is 0 Å². The van der Waals surface area contributed by atoms with E-state index in [1.165, 1.54) is 10.5 Å². The van der Waals surface area contributed by atoms with E-state index >= 15 is 0 Å². The molecule has 1 heterocycles. The number of carboxylic acid groups (broad SMARTS) is 1. The van der Waals surface area contributed by atoms with E-state index in [0.717, 1.165) is 17.9 Å². The van der Waals surface area contributed by atoms with Crippen LogP contribution >= 0.6 is 11.8 Å². The number of methoxy groups -OCH3 is 1. The van der Waals surface area contributed by atoms with Gasteiger partial charge in [0.1, 0.15) is 5.75 Å². The first-order valence-corrected chi connectivity index (χ1v) is 6.19. The summed E-state index contributed by atoms with van der Waals surface area (Å²) in [6, 6.07) is 6.01. The third kappa shape index (κ3) is 2.50. The molecule has 16 heavy (non-hydrogen) atoms. The second-order valence-electron chi connectivity index (χ2n) is 3.95. The molecule has 1 aromatic rings. The fourth-order valence-electron chi connectivity index (χ4n) is 1.94. The quantitative estimate of drug-likeness (QED) is 0.878. The zero-order chi connectivity index (χ0) is 11.5. The van der Waals surface area contributed by atoms with Crippen LogP contribution in [0.3, 0.4) is 0 Å². The van der Waals surface area contributed by atoms with Crippen LogP contribution in [0.1, 0.15) is 12.0 Å². The van der Waals surface area contributed by atoms with E-state index in [0.29, 0.717) is 0 Å². The minimum absolute atomic E-state index is 0.238. The van der Waals surface area contributed by atoms with E-state index < -0.39 is 5.97 Å². The van der Waals surface area contributed by atoms with E-state index in [4.69, 9.17) is 9.84 Å². The van der Waals surface area contributed by atoms with Crippen molar-refractivity contribution in [1.29, 1.82) is 0 Å². The van der Waals surface area contributed by atoms with Gasteiger partial charge in [0.05, 0.1) is 7.11 Å². The minimum Gasteiger partial charge on any atom is -0.497 e. The largest absolute Gasteiger partial charge is 0.497 e. The molecule has 1 aromatic carbocycles. The molecule has 1 aliphatic rings. The summed E-state index contributed by atoms with van der Waals surface area (Å²) in [5, 5.41) is 8.78. The van der Waals surface area contributed by atoms with Gasteiger partial charge in [-0.1, -0.05) is 0 Å². The third-order valence-electron chi connectivity index (χ3n) is 2.71. The van der Waals surface area contributed by atoms with Gasteiger partial charge in [-0.05, 0) is 36.1 Å². The van der Waals surface area contributed by atoms with Gasteiger partial charge in [-0.2, -0.15) is 0 Å². The van der Waals surface area contributed by atoms with E-state index in [9.17, 15) is 4.79 Å². The normalized spacial score (nSPS) is 18.9. The van der Waals surface area contributed by atoms with E-state index in [-0.39, 0.29) is 12.3 Å². The predicted molar refractivity (Wildman–Crippen MR) is 63.2 cm³/mol. The molecule has 1 unspecified atom stereocenters. The average Bonchev–Trinajstić information content (AvgIpc) is 2.27. The summed E-state index contributed by atoms with van der Waals surface area (Å²) in [6.45, 7) is 0. The van der Waals surface area contributed by atoms with Crippen molar-refractivity contribution >= 4 is 17.7 Å². The third-order valence-corrected chi connectivity index (χ3v) is 4.06. The lowest BCUT2D eigenvalue weighted by Crippen LogP contribution is -2.17. The van der Waals surface area contributed by atoms with Gasteiger partial charge in [-0.3, -0.25) is 4.79 Å². The van der Waals surface area contributed by atoms with Crippen LogP contribution < -0.4 is 4.74 Å².